The van der Waals surface area contributed by atoms with Crippen molar-refractivity contribution in [1.29, 1.82) is 0 Å². The summed E-state index contributed by atoms with van der Waals surface area (Å²) in [6.45, 7) is 23.2. The molecule has 1 heterocycles. The molecule has 1 fully saturated rings. The van der Waals surface area contributed by atoms with Crippen LogP contribution in [0.4, 0.5) is 0 Å². The molecule has 0 aromatic heterocycles. The largest absolute Gasteiger partial charge is 0.462 e. The van der Waals surface area contributed by atoms with Gasteiger partial charge in [0.2, 0.25) is 0 Å². The highest BCUT2D eigenvalue weighted by Gasteiger charge is 2.58. The normalized spacial score (nSPS) is 22.5. The molecule has 0 unspecified atom stereocenters. The van der Waals surface area contributed by atoms with E-state index in [9.17, 15) is 9.90 Å². The van der Waals surface area contributed by atoms with Crippen LogP contribution in [0, 0.1) is 5.41 Å². The highest BCUT2D eigenvalue weighted by molar-refractivity contribution is 6.99. The topological polar surface area (TPSA) is 83.5 Å². The van der Waals surface area contributed by atoms with Crippen LogP contribution >= 0.6 is 0 Å². The van der Waals surface area contributed by atoms with Crippen molar-refractivity contribution in [2.75, 3.05) is 6.61 Å². The van der Waals surface area contributed by atoms with Gasteiger partial charge in [0.1, 0.15) is 31.0 Å². The standard InChI is InChI=1S/C40H58O7Si2/c1-38(2,3)37(42)44-28-32-33(47-49(40(7,8)9,30-23-17-13-18-24-30)31-25-19-14-20-26-31)34(46-48(10,11)39(4,5)6)35(36(41)45-32)43-27-29-21-15-12-16-22-29/h12-26,32-36,41H,27-28H2,1-11H3/t32-,33-,34+,35+,36-/m1/s1. The third kappa shape index (κ3) is 9.00. The summed E-state index contributed by atoms with van der Waals surface area (Å²) in [4.78, 5) is 13.1. The first-order chi connectivity index (χ1) is 22.8. The van der Waals surface area contributed by atoms with Gasteiger partial charge in [-0.1, -0.05) is 133 Å². The molecular formula is C40H58O7Si2. The van der Waals surface area contributed by atoms with Crippen molar-refractivity contribution >= 4 is 33.0 Å². The SMILES string of the molecule is CC(C)(C)C(=O)OC[C@H]1O[C@@H](O)[C@@H](OCc2ccccc2)[C@@H](O[Si](C)(C)C(C)(C)C)[C@@H]1O[Si](c1ccccc1)(c1ccccc1)C(C)(C)C. The maximum absolute atomic E-state index is 13.1. The lowest BCUT2D eigenvalue weighted by Crippen LogP contribution is -2.73. The average molecular weight is 707 g/mol. The highest BCUT2D eigenvalue weighted by Crippen LogP contribution is 2.43. The van der Waals surface area contributed by atoms with Crippen molar-refractivity contribution < 1.29 is 33.0 Å². The van der Waals surface area contributed by atoms with Crippen molar-refractivity contribution in [1.82, 2.24) is 0 Å². The molecule has 0 aliphatic carbocycles. The van der Waals surface area contributed by atoms with E-state index >= 15 is 0 Å². The van der Waals surface area contributed by atoms with Crippen molar-refractivity contribution in [3.63, 3.8) is 0 Å². The second-order valence-corrected chi connectivity index (χ2v) is 25.8. The molecule has 1 N–H and O–H groups in total. The van der Waals surface area contributed by atoms with Gasteiger partial charge >= 0.3 is 5.97 Å². The molecule has 0 radical (unpaired) electrons. The smallest absolute Gasteiger partial charge is 0.311 e. The summed E-state index contributed by atoms with van der Waals surface area (Å²) in [5, 5.41) is 13.4. The summed E-state index contributed by atoms with van der Waals surface area (Å²) >= 11 is 0. The first kappa shape index (κ1) is 39.2. The van der Waals surface area contributed by atoms with Gasteiger partial charge in [0, 0.05) is 0 Å². The summed E-state index contributed by atoms with van der Waals surface area (Å²) in [5.74, 6) is -0.362. The molecule has 7 nitrogen and oxygen atoms in total. The van der Waals surface area contributed by atoms with Crippen LogP contribution in [0.3, 0.4) is 0 Å². The molecular weight excluding hydrogens is 649 g/mol. The summed E-state index contributed by atoms with van der Waals surface area (Å²) in [6, 6.07) is 30.7. The number of aliphatic hydroxyl groups is 1. The second kappa shape index (κ2) is 15.3. The molecule has 4 rings (SSSR count). The fourth-order valence-electron chi connectivity index (χ4n) is 6.04. The van der Waals surface area contributed by atoms with Crippen LogP contribution in [0.5, 0.6) is 0 Å². The van der Waals surface area contributed by atoms with Gasteiger partial charge in [-0.2, -0.15) is 0 Å². The number of ether oxygens (including phenoxy) is 3. The van der Waals surface area contributed by atoms with E-state index in [1.165, 1.54) is 0 Å². The Bertz CT molecular complexity index is 1440. The molecule has 0 saturated carbocycles. The van der Waals surface area contributed by atoms with Crippen molar-refractivity contribution in [3.8, 4) is 0 Å². The number of aliphatic hydroxyl groups excluding tert-OH is 1. The Morgan fingerprint density at radius 2 is 1.18 bits per heavy atom. The number of hydrogen-bond acceptors (Lipinski definition) is 7. The van der Waals surface area contributed by atoms with Crippen LogP contribution in [0.1, 0.15) is 67.9 Å². The predicted molar refractivity (Wildman–Crippen MR) is 201 cm³/mol. The van der Waals surface area contributed by atoms with Crippen LogP contribution in [-0.4, -0.2) is 65.0 Å². The fraction of sp³-hybridized carbons (Fsp3) is 0.525. The van der Waals surface area contributed by atoms with E-state index in [-0.39, 0.29) is 29.3 Å². The van der Waals surface area contributed by atoms with Gasteiger partial charge in [-0.25, -0.2) is 0 Å². The van der Waals surface area contributed by atoms with E-state index in [4.69, 9.17) is 23.1 Å². The minimum Gasteiger partial charge on any atom is -0.462 e. The van der Waals surface area contributed by atoms with E-state index < -0.39 is 52.8 Å². The Morgan fingerprint density at radius 1 is 0.694 bits per heavy atom. The zero-order chi connectivity index (χ0) is 36.3. The molecule has 3 aromatic carbocycles. The van der Waals surface area contributed by atoms with E-state index in [1.807, 2.05) is 87.5 Å². The summed E-state index contributed by atoms with van der Waals surface area (Å²) in [7, 11) is -5.71. The van der Waals surface area contributed by atoms with Crippen LogP contribution in [-0.2, 0) is 34.5 Å². The van der Waals surface area contributed by atoms with Crippen LogP contribution in [0.2, 0.25) is 23.2 Å². The lowest BCUT2D eigenvalue weighted by Gasteiger charge is -2.53. The summed E-state index contributed by atoms with van der Waals surface area (Å²) in [5.41, 5.74) is 0.242. The van der Waals surface area contributed by atoms with Crippen molar-refractivity contribution in [2.45, 2.75) is 123 Å². The molecule has 1 aliphatic heterocycles. The second-order valence-electron chi connectivity index (χ2n) is 16.8. The van der Waals surface area contributed by atoms with Crippen LogP contribution in [0.15, 0.2) is 91.0 Å². The third-order valence-corrected chi connectivity index (χ3v) is 19.4. The van der Waals surface area contributed by atoms with Gasteiger partial charge in [-0.3, -0.25) is 4.79 Å². The number of hydrogen-bond donors (Lipinski definition) is 1. The molecule has 49 heavy (non-hydrogen) atoms. The maximum Gasteiger partial charge on any atom is 0.311 e. The first-order valence-electron chi connectivity index (χ1n) is 17.4. The van der Waals surface area contributed by atoms with Crippen LogP contribution < -0.4 is 10.4 Å². The van der Waals surface area contributed by atoms with Crippen LogP contribution in [0.25, 0.3) is 0 Å². The van der Waals surface area contributed by atoms with Gasteiger partial charge in [-0.05, 0) is 59.9 Å². The fourth-order valence-corrected chi connectivity index (χ4v) is 12.0. The highest BCUT2D eigenvalue weighted by atomic mass is 28.4. The predicted octanol–water partition coefficient (Wildman–Crippen LogP) is 7.21. The van der Waals surface area contributed by atoms with Gasteiger partial charge in [0.25, 0.3) is 8.32 Å². The molecule has 9 heteroatoms. The zero-order valence-corrected chi connectivity index (χ0v) is 33.4. The molecule has 268 valence electrons. The van der Waals surface area contributed by atoms with Gasteiger partial charge < -0.3 is 28.2 Å². The Kier molecular flexibility index (Phi) is 12.2. The zero-order valence-electron chi connectivity index (χ0n) is 31.4. The Morgan fingerprint density at radius 3 is 1.63 bits per heavy atom. The Labute approximate surface area is 296 Å². The molecule has 1 saturated heterocycles. The van der Waals surface area contributed by atoms with E-state index in [0.717, 1.165) is 15.9 Å². The molecule has 5 atom stereocenters. The number of carbonyl (C=O) groups is 1. The number of carbonyl (C=O) groups excluding carboxylic acids is 1. The molecule has 0 amide bonds. The summed E-state index contributed by atoms with van der Waals surface area (Å²) < 4.78 is 34.0. The Hall–Kier alpha value is -2.64. The first-order valence-corrected chi connectivity index (χ1v) is 22.2. The average Bonchev–Trinajstić information content (AvgIpc) is 3.02. The lowest BCUT2D eigenvalue weighted by atomic mass is 9.97. The number of rotatable bonds is 11. The minimum absolute atomic E-state index is 0.112. The van der Waals surface area contributed by atoms with Gasteiger partial charge in [0.15, 0.2) is 14.6 Å². The number of benzene rings is 3. The third-order valence-electron chi connectivity index (χ3n) is 9.85. The van der Waals surface area contributed by atoms with E-state index in [1.54, 1.807) is 0 Å². The molecule has 1 aliphatic rings. The molecule has 3 aromatic rings. The van der Waals surface area contributed by atoms with Gasteiger partial charge in [-0.15, -0.1) is 0 Å². The lowest BCUT2D eigenvalue weighted by molar-refractivity contribution is -0.293. The number of esters is 1. The molecule has 0 spiro atoms. The summed E-state index contributed by atoms with van der Waals surface area (Å²) in [6.07, 6.45) is -4.58. The quantitative estimate of drug-likeness (QED) is 0.167. The Balaban J connectivity index is 1.93. The van der Waals surface area contributed by atoms with E-state index in [2.05, 4.69) is 78.9 Å². The van der Waals surface area contributed by atoms with E-state index in [0.29, 0.717) is 0 Å². The minimum atomic E-state index is -3.20. The molecule has 0 bridgehead atoms. The monoisotopic (exact) mass is 706 g/mol. The van der Waals surface area contributed by atoms with Crippen molar-refractivity contribution in [2.24, 2.45) is 5.41 Å². The van der Waals surface area contributed by atoms with Gasteiger partial charge in [0.05, 0.1) is 12.0 Å². The van der Waals surface area contributed by atoms with Crippen molar-refractivity contribution in [3.05, 3.63) is 96.6 Å². The maximum atomic E-state index is 13.1.